The second-order valence-corrected chi connectivity index (χ2v) is 8.18. The number of imide groups is 1. The maximum Gasteiger partial charge on any atom is 0.379 e. The summed E-state index contributed by atoms with van der Waals surface area (Å²) in [5, 5.41) is -0.343. The summed E-state index contributed by atoms with van der Waals surface area (Å²) >= 11 is 6.79. The summed E-state index contributed by atoms with van der Waals surface area (Å²) in [5.41, 5.74) is 1.00. The first-order valence-corrected chi connectivity index (χ1v) is 10.7. The van der Waals surface area contributed by atoms with Gasteiger partial charge in [0.2, 0.25) is 5.76 Å². The molecule has 7 nitrogen and oxygen atoms in total. The second kappa shape index (κ2) is 9.51. The van der Waals surface area contributed by atoms with Gasteiger partial charge >= 0.3 is 5.97 Å². The van der Waals surface area contributed by atoms with Crippen LogP contribution in [0.5, 0.6) is 11.5 Å². The van der Waals surface area contributed by atoms with Gasteiger partial charge in [-0.3, -0.25) is 14.5 Å². The minimum Gasteiger partial charge on any atom is -0.493 e. The van der Waals surface area contributed by atoms with E-state index in [2.05, 4.69) is 0 Å². The van der Waals surface area contributed by atoms with Gasteiger partial charge in [0, 0.05) is 5.02 Å². The smallest absolute Gasteiger partial charge is 0.379 e. The third kappa shape index (κ3) is 4.94. The molecule has 1 aliphatic rings. The molecule has 33 heavy (non-hydrogen) atoms. The predicted molar refractivity (Wildman–Crippen MR) is 120 cm³/mol. The van der Waals surface area contributed by atoms with Crippen molar-refractivity contribution in [3.05, 3.63) is 87.4 Å². The number of furan rings is 1. The standard InChI is InChI=1S/C23H15ClFNO6S/c1-30-19-9-13(4-7-17(19)32-22(28)18-3-2-8-31-18)10-20-21(27)26(23(29)33-20)12-14-5-6-15(25)11-16(14)24/h2-11H,12H2,1H3/b20-10-. The van der Waals surface area contributed by atoms with E-state index in [9.17, 15) is 18.8 Å². The van der Waals surface area contributed by atoms with Gasteiger partial charge in [-0.1, -0.05) is 23.7 Å². The zero-order valence-electron chi connectivity index (χ0n) is 17.0. The van der Waals surface area contributed by atoms with Crippen molar-refractivity contribution in [1.29, 1.82) is 0 Å². The number of ether oxygens (including phenoxy) is 2. The Labute approximate surface area is 196 Å². The first-order chi connectivity index (χ1) is 15.9. The van der Waals surface area contributed by atoms with E-state index in [-0.39, 0.29) is 33.7 Å². The molecule has 0 bridgehead atoms. The van der Waals surface area contributed by atoms with E-state index in [0.29, 0.717) is 11.1 Å². The molecule has 0 unspecified atom stereocenters. The van der Waals surface area contributed by atoms with Crippen molar-refractivity contribution in [3.8, 4) is 11.5 Å². The van der Waals surface area contributed by atoms with Gasteiger partial charge in [0.15, 0.2) is 11.5 Å². The van der Waals surface area contributed by atoms with Crippen LogP contribution in [0.15, 0.2) is 64.1 Å². The van der Waals surface area contributed by atoms with Crippen molar-refractivity contribution in [2.24, 2.45) is 0 Å². The summed E-state index contributed by atoms with van der Waals surface area (Å²) in [4.78, 5) is 38.5. The highest BCUT2D eigenvalue weighted by Crippen LogP contribution is 2.36. The lowest BCUT2D eigenvalue weighted by atomic mass is 10.1. The lowest BCUT2D eigenvalue weighted by Gasteiger charge is -2.13. The number of methoxy groups -OCH3 is 1. The molecule has 1 fully saturated rings. The van der Waals surface area contributed by atoms with E-state index in [0.717, 1.165) is 22.7 Å². The van der Waals surface area contributed by atoms with E-state index in [1.54, 1.807) is 18.2 Å². The Bertz CT molecular complexity index is 1270. The molecule has 168 valence electrons. The summed E-state index contributed by atoms with van der Waals surface area (Å²) < 4.78 is 28.9. The fourth-order valence-electron chi connectivity index (χ4n) is 3.01. The molecular formula is C23H15ClFNO6S. The molecule has 0 atom stereocenters. The summed E-state index contributed by atoms with van der Waals surface area (Å²) in [6.45, 7) is -0.0773. The molecular weight excluding hydrogens is 473 g/mol. The zero-order chi connectivity index (χ0) is 23.5. The number of rotatable bonds is 6. The fraction of sp³-hybridized carbons (Fsp3) is 0.0870. The number of hydrogen-bond donors (Lipinski definition) is 0. The number of carbonyl (C=O) groups excluding carboxylic acids is 3. The van der Waals surface area contributed by atoms with Crippen LogP contribution in [0, 0.1) is 5.82 Å². The van der Waals surface area contributed by atoms with E-state index >= 15 is 0 Å². The van der Waals surface area contributed by atoms with Crippen LogP contribution in [0.4, 0.5) is 9.18 Å². The summed E-state index contributed by atoms with van der Waals surface area (Å²) in [7, 11) is 1.41. The van der Waals surface area contributed by atoms with Crippen LogP contribution < -0.4 is 9.47 Å². The summed E-state index contributed by atoms with van der Waals surface area (Å²) in [5.74, 6) is -1.25. The van der Waals surface area contributed by atoms with Crippen molar-refractivity contribution in [1.82, 2.24) is 4.90 Å². The largest absolute Gasteiger partial charge is 0.493 e. The number of halogens is 2. The average Bonchev–Trinajstić information content (AvgIpc) is 3.41. The monoisotopic (exact) mass is 487 g/mol. The van der Waals surface area contributed by atoms with E-state index in [1.807, 2.05) is 0 Å². The third-order valence-electron chi connectivity index (χ3n) is 4.63. The molecule has 2 amide bonds. The third-order valence-corrected chi connectivity index (χ3v) is 5.89. The minimum absolute atomic E-state index is 0.0380. The van der Waals surface area contributed by atoms with Gasteiger partial charge in [0.05, 0.1) is 24.8 Å². The second-order valence-electron chi connectivity index (χ2n) is 6.78. The highest BCUT2D eigenvalue weighted by Gasteiger charge is 2.35. The van der Waals surface area contributed by atoms with Crippen LogP contribution in [-0.2, 0) is 11.3 Å². The Morgan fingerprint density at radius 3 is 2.70 bits per heavy atom. The first kappa shape index (κ1) is 22.6. The Kier molecular flexibility index (Phi) is 6.52. The summed E-state index contributed by atoms with van der Waals surface area (Å²) in [6.07, 6.45) is 2.88. The average molecular weight is 488 g/mol. The normalized spacial score (nSPS) is 14.8. The molecule has 1 aromatic heterocycles. The molecule has 0 aliphatic carbocycles. The molecule has 4 rings (SSSR count). The van der Waals surface area contributed by atoms with E-state index in [1.165, 1.54) is 43.7 Å². The Hall–Kier alpha value is -3.56. The van der Waals surface area contributed by atoms with Crippen LogP contribution in [-0.4, -0.2) is 29.1 Å². The Morgan fingerprint density at radius 1 is 1.18 bits per heavy atom. The number of carbonyl (C=O) groups is 3. The topological polar surface area (TPSA) is 86.0 Å². The highest BCUT2D eigenvalue weighted by molar-refractivity contribution is 8.18. The number of amides is 2. The minimum atomic E-state index is -0.688. The SMILES string of the molecule is COc1cc(/C=C2\SC(=O)N(Cc3ccc(F)cc3Cl)C2=O)ccc1OC(=O)c1ccco1. The van der Waals surface area contributed by atoms with Crippen LogP contribution in [0.1, 0.15) is 21.7 Å². The van der Waals surface area contributed by atoms with Gasteiger partial charge in [-0.15, -0.1) is 0 Å². The van der Waals surface area contributed by atoms with Gasteiger partial charge in [0.1, 0.15) is 5.82 Å². The van der Waals surface area contributed by atoms with Crippen LogP contribution >= 0.6 is 23.4 Å². The molecule has 0 radical (unpaired) electrons. The molecule has 0 N–H and O–H groups in total. The zero-order valence-corrected chi connectivity index (χ0v) is 18.6. The molecule has 10 heteroatoms. The lowest BCUT2D eigenvalue weighted by molar-refractivity contribution is -0.123. The fourth-order valence-corrected chi connectivity index (χ4v) is 4.08. The van der Waals surface area contributed by atoms with Gasteiger partial charge in [0.25, 0.3) is 11.1 Å². The van der Waals surface area contributed by atoms with Crippen molar-refractivity contribution >= 4 is 46.6 Å². The Morgan fingerprint density at radius 2 is 2.00 bits per heavy atom. The quantitative estimate of drug-likeness (QED) is 0.256. The molecule has 2 aromatic carbocycles. The van der Waals surface area contributed by atoms with Gasteiger partial charge in [-0.05, 0) is 65.4 Å². The molecule has 0 saturated carbocycles. The van der Waals surface area contributed by atoms with Crippen molar-refractivity contribution in [2.45, 2.75) is 6.54 Å². The molecule has 2 heterocycles. The number of nitrogens with zero attached hydrogens (tertiary/aromatic N) is 1. The number of hydrogen-bond acceptors (Lipinski definition) is 7. The van der Waals surface area contributed by atoms with Crippen LogP contribution in [0.25, 0.3) is 6.08 Å². The molecule has 1 aliphatic heterocycles. The highest BCUT2D eigenvalue weighted by atomic mass is 35.5. The van der Waals surface area contributed by atoms with Gasteiger partial charge in [-0.25, -0.2) is 9.18 Å². The van der Waals surface area contributed by atoms with Crippen LogP contribution in [0.3, 0.4) is 0 Å². The van der Waals surface area contributed by atoms with Crippen molar-refractivity contribution in [3.63, 3.8) is 0 Å². The lowest BCUT2D eigenvalue weighted by Crippen LogP contribution is -2.27. The molecule has 1 saturated heterocycles. The molecule has 0 spiro atoms. The van der Waals surface area contributed by atoms with E-state index in [4.69, 9.17) is 25.5 Å². The maximum absolute atomic E-state index is 13.3. The molecule has 3 aromatic rings. The van der Waals surface area contributed by atoms with Crippen molar-refractivity contribution in [2.75, 3.05) is 7.11 Å². The summed E-state index contributed by atoms with van der Waals surface area (Å²) in [6, 6.07) is 11.5. The number of benzene rings is 2. The maximum atomic E-state index is 13.3. The Balaban J connectivity index is 1.53. The van der Waals surface area contributed by atoms with Gasteiger partial charge < -0.3 is 13.9 Å². The predicted octanol–water partition coefficient (Wildman–Crippen LogP) is 5.54. The number of esters is 1. The van der Waals surface area contributed by atoms with Crippen molar-refractivity contribution < 1.29 is 32.7 Å². The van der Waals surface area contributed by atoms with E-state index < -0.39 is 22.9 Å². The number of thioether (sulfide) groups is 1. The van der Waals surface area contributed by atoms with Crippen LogP contribution in [0.2, 0.25) is 5.02 Å². The van der Waals surface area contributed by atoms with Gasteiger partial charge in [-0.2, -0.15) is 0 Å². The first-order valence-electron chi connectivity index (χ1n) is 9.48.